The molecule has 1 atom stereocenters. The van der Waals surface area contributed by atoms with E-state index >= 15 is 0 Å². The summed E-state index contributed by atoms with van der Waals surface area (Å²) in [5.41, 5.74) is 3.16. The highest BCUT2D eigenvalue weighted by Crippen LogP contribution is 2.37. The number of nitrogens with two attached hydrogens (primary N) is 1. The van der Waals surface area contributed by atoms with Gasteiger partial charge in [-0.15, -0.1) is 5.10 Å². The van der Waals surface area contributed by atoms with Crippen LogP contribution >= 0.6 is 0 Å². The minimum Gasteiger partial charge on any atom is -0.497 e. The highest BCUT2D eigenvalue weighted by Gasteiger charge is 2.31. The maximum Gasteiger partial charge on any atom is 0.410 e. The molecule has 1 unspecified atom stereocenters. The summed E-state index contributed by atoms with van der Waals surface area (Å²) in [7, 11) is -2.52. The van der Waals surface area contributed by atoms with Gasteiger partial charge < -0.3 is 14.4 Å². The van der Waals surface area contributed by atoms with Crippen molar-refractivity contribution in [2.24, 2.45) is 5.14 Å². The lowest BCUT2D eigenvalue weighted by molar-refractivity contribution is 0.0292. The van der Waals surface area contributed by atoms with E-state index in [0.717, 1.165) is 28.9 Å². The first-order chi connectivity index (χ1) is 19.9. The van der Waals surface area contributed by atoms with E-state index < -0.39 is 15.6 Å². The maximum absolute atomic E-state index is 12.7. The third kappa shape index (κ3) is 6.44. The van der Waals surface area contributed by atoms with Gasteiger partial charge in [-0.25, -0.2) is 23.0 Å². The van der Waals surface area contributed by atoms with E-state index in [1.165, 1.54) is 6.07 Å². The molecular weight excluding hydrogens is 556 g/mol. The Morgan fingerprint density at radius 2 is 1.76 bits per heavy atom. The summed E-state index contributed by atoms with van der Waals surface area (Å²) < 4.78 is 37.8. The molecule has 2 N–H and O–H groups in total. The second kappa shape index (κ2) is 11.5. The molecular formula is C30H34N6O5S. The van der Waals surface area contributed by atoms with E-state index in [2.05, 4.69) is 15.5 Å². The van der Waals surface area contributed by atoms with Crippen LogP contribution in [0, 0.1) is 0 Å². The van der Waals surface area contributed by atoms with E-state index in [0.29, 0.717) is 30.8 Å². The first-order valence-corrected chi connectivity index (χ1v) is 15.1. The number of likely N-dealkylation sites (tertiary alicyclic amines) is 1. The van der Waals surface area contributed by atoms with E-state index in [1.807, 2.05) is 75.4 Å². The topological polar surface area (TPSA) is 143 Å². The standard InChI is InChI=1S/C30H34N6O5S/c1-30(2,3)41-29(37)35-17-16-23(19-35)21-10-12-22(13-11-21)25-6-5-7-26(42(31,38)39)27(25)28-32-33-34-36(28)18-20-8-14-24(40-4)15-9-20/h5-15,23H,16-19H2,1-4H3,(H2,31,38,39). The quantitative estimate of drug-likeness (QED) is 0.333. The van der Waals surface area contributed by atoms with Gasteiger partial charge in [0.2, 0.25) is 10.0 Å². The molecule has 2 heterocycles. The number of carbonyl (C=O) groups is 1. The van der Waals surface area contributed by atoms with Crippen molar-refractivity contribution in [3.63, 3.8) is 0 Å². The molecule has 1 aliphatic rings. The molecule has 0 saturated carbocycles. The number of carbonyl (C=O) groups excluding carboxylic acids is 1. The Bertz CT molecular complexity index is 1680. The first-order valence-electron chi connectivity index (χ1n) is 13.6. The van der Waals surface area contributed by atoms with Gasteiger partial charge in [0.15, 0.2) is 5.82 Å². The normalized spacial score (nSPS) is 15.5. The number of aromatic nitrogens is 4. The molecule has 1 aliphatic heterocycles. The van der Waals surface area contributed by atoms with Crippen molar-refractivity contribution >= 4 is 16.1 Å². The monoisotopic (exact) mass is 590 g/mol. The summed E-state index contributed by atoms with van der Waals surface area (Å²) in [5.74, 6) is 1.16. The van der Waals surface area contributed by atoms with Crippen LogP contribution in [-0.2, 0) is 21.3 Å². The summed E-state index contributed by atoms with van der Waals surface area (Å²) in [5, 5.41) is 17.9. The number of benzene rings is 3. The van der Waals surface area contributed by atoms with Gasteiger partial charge in [0.1, 0.15) is 11.4 Å². The third-order valence-corrected chi connectivity index (χ3v) is 8.07. The number of primary sulfonamides is 1. The number of hydrogen-bond acceptors (Lipinski definition) is 8. The number of nitrogens with zero attached hydrogens (tertiary/aromatic N) is 5. The number of rotatable bonds is 7. The maximum atomic E-state index is 12.7. The van der Waals surface area contributed by atoms with Crippen LogP contribution in [0.2, 0.25) is 0 Å². The van der Waals surface area contributed by atoms with Crippen molar-refractivity contribution in [1.82, 2.24) is 25.1 Å². The lowest BCUT2D eigenvalue weighted by Crippen LogP contribution is -2.35. The largest absolute Gasteiger partial charge is 0.497 e. The Kier molecular flexibility index (Phi) is 8.02. The molecule has 1 amide bonds. The number of hydrogen-bond donors (Lipinski definition) is 1. The highest BCUT2D eigenvalue weighted by atomic mass is 32.2. The number of ether oxygens (including phenoxy) is 2. The van der Waals surface area contributed by atoms with Crippen LogP contribution in [0.5, 0.6) is 5.75 Å². The molecule has 1 saturated heterocycles. The van der Waals surface area contributed by atoms with Crippen LogP contribution in [0.25, 0.3) is 22.5 Å². The predicted molar refractivity (Wildman–Crippen MR) is 157 cm³/mol. The number of amides is 1. The Morgan fingerprint density at radius 3 is 2.40 bits per heavy atom. The van der Waals surface area contributed by atoms with Crippen molar-refractivity contribution < 1.29 is 22.7 Å². The van der Waals surface area contributed by atoms with Gasteiger partial charge in [-0.3, -0.25) is 0 Å². The highest BCUT2D eigenvalue weighted by molar-refractivity contribution is 7.89. The molecule has 4 aromatic rings. The van der Waals surface area contributed by atoms with Crippen molar-refractivity contribution in [2.45, 2.75) is 50.2 Å². The summed E-state index contributed by atoms with van der Waals surface area (Å²) in [6, 6.07) is 20.3. The molecule has 5 rings (SSSR count). The Balaban J connectivity index is 1.46. The minimum absolute atomic E-state index is 0.0707. The molecule has 1 fully saturated rings. The van der Waals surface area contributed by atoms with Crippen molar-refractivity contribution in [1.29, 1.82) is 0 Å². The van der Waals surface area contributed by atoms with Gasteiger partial charge in [-0.1, -0.05) is 48.5 Å². The Morgan fingerprint density at radius 1 is 1.05 bits per heavy atom. The molecule has 11 nitrogen and oxygen atoms in total. The smallest absolute Gasteiger partial charge is 0.410 e. The summed E-state index contributed by atoms with van der Waals surface area (Å²) in [4.78, 5) is 14.2. The van der Waals surface area contributed by atoms with Crippen LogP contribution < -0.4 is 9.88 Å². The lowest BCUT2D eigenvalue weighted by Gasteiger charge is -2.24. The second-order valence-corrected chi connectivity index (χ2v) is 12.8. The number of sulfonamides is 1. The van der Waals surface area contributed by atoms with E-state index in [-0.39, 0.29) is 22.7 Å². The van der Waals surface area contributed by atoms with Gasteiger partial charge in [-0.2, -0.15) is 0 Å². The number of methoxy groups -OCH3 is 1. The van der Waals surface area contributed by atoms with E-state index in [1.54, 1.807) is 22.8 Å². The SMILES string of the molecule is COc1ccc(Cn2nnnc2-c2c(-c3ccc(C4CCN(C(=O)OC(C)(C)C)C4)cc3)cccc2S(N)(=O)=O)cc1. The average Bonchev–Trinajstić information content (AvgIpc) is 3.62. The van der Waals surface area contributed by atoms with E-state index in [9.17, 15) is 13.2 Å². The molecule has 0 spiro atoms. The molecule has 0 bridgehead atoms. The molecule has 0 radical (unpaired) electrons. The fourth-order valence-corrected chi connectivity index (χ4v) is 5.85. The molecule has 12 heteroatoms. The zero-order valence-corrected chi connectivity index (χ0v) is 24.8. The van der Waals surface area contributed by atoms with Gasteiger partial charge in [-0.05, 0) is 78.1 Å². The summed E-state index contributed by atoms with van der Waals surface area (Å²) >= 11 is 0. The van der Waals surface area contributed by atoms with Crippen LogP contribution in [0.3, 0.4) is 0 Å². The van der Waals surface area contributed by atoms with Crippen molar-refractivity contribution in [3.05, 3.63) is 77.9 Å². The van der Waals surface area contributed by atoms with Crippen molar-refractivity contribution in [3.8, 4) is 28.3 Å². The van der Waals surface area contributed by atoms with Gasteiger partial charge in [0, 0.05) is 24.6 Å². The predicted octanol–water partition coefficient (Wildman–Crippen LogP) is 4.44. The fraction of sp³-hybridized carbons (Fsp3) is 0.333. The van der Waals surface area contributed by atoms with Crippen molar-refractivity contribution in [2.75, 3.05) is 20.2 Å². The van der Waals surface area contributed by atoms with Crippen LogP contribution in [-0.4, -0.2) is 65.4 Å². The molecule has 0 aliphatic carbocycles. The zero-order valence-electron chi connectivity index (χ0n) is 24.0. The van der Waals surface area contributed by atoms with Crippen LogP contribution in [0.1, 0.15) is 44.2 Å². The minimum atomic E-state index is -4.11. The average molecular weight is 591 g/mol. The fourth-order valence-electron chi connectivity index (χ4n) is 5.09. The summed E-state index contributed by atoms with van der Waals surface area (Å²) in [6.45, 7) is 7.06. The lowest BCUT2D eigenvalue weighted by atomic mass is 9.94. The third-order valence-electron chi connectivity index (χ3n) is 7.11. The van der Waals surface area contributed by atoms with E-state index in [4.69, 9.17) is 14.6 Å². The van der Waals surface area contributed by atoms with Gasteiger partial charge in [0.05, 0.1) is 18.6 Å². The second-order valence-electron chi connectivity index (χ2n) is 11.3. The van der Waals surface area contributed by atoms with Crippen LogP contribution in [0.4, 0.5) is 4.79 Å². The number of tetrazole rings is 1. The Labute approximate surface area is 245 Å². The van der Waals surface area contributed by atoms with Gasteiger partial charge >= 0.3 is 6.09 Å². The molecule has 3 aromatic carbocycles. The summed E-state index contributed by atoms with van der Waals surface area (Å²) in [6.07, 6.45) is 0.517. The zero-order chi connectivity index (χ0) is 30.1. The van der Waals surface area contributed by atoms with Gasteiger partial charge in [0.25, 0.3) is 0 Å². The molecule has 220 valence electrons. The molecule has 42 heavy (non-hydrogen) atoms. The molecule has 1 aromatic heterocycles. The first kappa shape index (κ1) is 29.2. The Hall–Kier alpha value is -4.29. The van der Waals surface area contributed by atoms with Crippen LogP contribution in [0.15, 0.2) is 71.6 Å².